The van der Waals surface area contributed by atoms with Crippen LogP contribution in [0.3, 0.4) is 0 Å². The molecule has 0 radical (unpaired) electrons. The molecule has 5 nitrogen and oxygen atoms in total. The van der Waals surface area contributed by atoms with E-state index in [1.165, 1.54) is 19.3 Å². The predicted octanol–water partition coefficient (Wildman–Crippen LogP) is 1.20. The first kappa shape index (κ1) is 20.9. The lowest BCUT2D eigenvalue weighted by atomic mass is 10.1. The van der Waals surface area contributed by atoms with E-state index in [2.05, 4.69) is 15.5 Å². The molecule has 0 spiro atoms. The summed E-state index contributed by atoms with van der Waals surface area (Å²) in [6.45, 7) is 4.73. The van der Waals surface area contributed by atoms with Crippen LogP contribution < -0.4 is 10.6 Å². The van der Waals surface area contributed by atoms with Crippen molar-refractivity contribution in [2.75, 3.05) is 39.9 Å². The molecule has 2 aliphatic rings. The van der Waals surface area contributed by atoms with Gasteiger partial charge in [0, 0.05) is 38.7 Å². The molecule has 2 atom stereocenters. The van der Waals surface area contributed by atoms with Gasteiger partial charge in [-0.05, 0) is 38.8 Å². The van der Waals surface area contributed by atoms with Gasteiger partial charge in [-0.3, -0.25) is 9.69 Å². The summed E-state index contributed by atoms with van der Waals surface area (Å²) in [5.74, 6) is 0.193. The Kier molecular flexibility index (Phi) is 11.5. The van der Waals surface area contributed by atoms with E-state index in [0.717, 1.165) is 39.2 Å². The van der Waals surface area contributed by atoms with E-state index >= 15 is 0 Å². The fourth-order valence-corrected chi connectivity index (χ4v) is 3.09. The van der Waals surface area contributed by atoms with E-state index in [9.17, 15) is 4.79 Å². The first-order chi connectivity index (χ1) is 9.29. The molecule has 2 heterocycles. The molecule has 126 valence electrons. The van der Waals surface area contributed by atoms with Gasteiger partial charge >= 0.3 is 0 Å². The van der Waals surface area contributed by atoms with E-state index < -0.39 is 0 Å². The Labute approximate surface area is 140 Å². The van der Waals surface area contributed by atoms with Gasteiger partial charge < -0.3 is 15.4 Å². The highest BCUT2D eigenvalue weighted by Crippen LogP contribution is 2.16. The molecule has 0 aliphatic carbocycles. The van der Waals surface area contributed by atoms with Gasteiger partial charge in [-0.15, -0.1) is 24.8 Å². The second-order valence-electron chi connectivity index (χ2n) is 5.63. The number of carbonyl (C=O) groups excluding carboxylic acids is 1. The summed E-state index contributed by atoms with van der Waals surface area (Å²) in [5, 5.41) is 6.46. The maximum absolute atomic E-state index is 11.9. The minimum atomic E-state index is 0. The van der Waals surface area contributed by atoms with Gasteiger partial charge in [0.05, 0.1) is 6.61 Å². The van der Waals surface area contributed by atoms with Crippen molar-refractivity contribution in [3.8, 4) is 0 Å². The van der Waals surface area contributed by atoms with Crippen molar-refractivity contribution < 1.29 is 9.53 Å². The van der Waals surface area contributed by atoms with Crippen molar-refractivity contribution in [1.82, 2.24) is 15.5 Å². The number of carbonyl (C=O) groups is 1. The third-order valence-electron chi connectivity index (χ3n) is 4.21. The van der Waals surface area contributed by atoms with Crippen LogP contribution in [-0.4, -0.2) is 62.8 Å². The third-order valence-corrected chi connectivity index (χ3v) is 4.21. The molecule has 0 aromatic rings. The first-order valence-electron chi connectivity index (χ1n) is 7.52. The fourth-order valence-electron chi connectivity index (χ4n) is 3.09. The zero-order valence-corrected chi connectivity index (χ0v) is 14.4. The molecule has 2 rings (SSSR count). The van der Waals surface area contributed by atoms with Crippen LogP contribution in [0.15, 0.2) is 0 Å². The minimum Gasteiger partial charge on any atom is -0.383 e. The molecule has 2 fully saturated rings. The summed E-state index contributed by atoms with van der Waals surface area (Å²) in [6, 6.07) is 0.892. The molecule has 2 unspecified atom stereocenters. The van der Waals surface area contributed by atoms with E-state index in [4.69, 9.17) is 4.74 Å². The van der Waals surface area contributed by atoms with Crippen LogP contribution in [0.2, 0.25) is 0 Å². The quantitative estimate of drug-likeness (QED) is 0.730. The number of nitrogens with zero attached hydrogens (tertiary/aromatic N) is 1. The van der Waals surface area contributed by atoms with Gasteiger partial charge in [0.1, 0.15) is 0 Å². The van der Waals surface area contributed by atoms with Crippen LogP contribution in [0.1, 0.15) is 32.1 Å². The zero-order chi connectivity index (χ0) is 13.5. The number of amides is 1. The standard InChI is InChI=1S/C14H27N3O2.2ClH/c1-19-9-8-17-7-3-5-13(17)11-16-14(18)10-12-4-2-6-15-12;;/h12-13,15H,2-11H2,1H3,(H,16,18);2*1H. The summed E-state index contributed by atoms with van der Waals surface area (Å²) < 4.78 is 5.13. The second kappa shape index (κ2) is 11.5. The predicted molar refractivity (Wildman–Crippen MR) is 89.6 cm³/mol. The van der Waals surface area contributed by atoms with E-state index in [1.807, 2.05) is 0 Å². The average molecular weight is 342 g/mol. The Balaban J connectivity index is 0.00000200. The normalized spacial score (nSPS) is 25.2. The fraction of sp³-hybridized carbons (Fsp3) is 0.929. The number of likely N-dealkylation sites (tertiary alicyclic amines) is 1. The van der Waals surface area contributed by atoms with E-state index in [0.29, 0.717) is 18.5 Å². The van der Waals surface area contributed by atoms with Gasteiger partial charge in [0.15, 0.2) is 0 Å². The van der Waals surface area contributed by atoms with Crippen LogP contribution in [0.25, 0.3) is 0 Å². The Hall–Kier alpha value is -0.0700. The Morgan fingerprint density at radius 2 is 2.14 bits per heavy atom. The maximum Gasteiger partial charge on any atom is 0.221 e. The van der Waals surface area contributed by atoms with Crippen molar-refractivity contribution in [3.05, 3.63) is 0 Å². The summed E-state index contributed by atoms with van der Waals surface area (Å²) in [6.07, 6.45) is 5.38. The number of methoxy groups -OCH3 is 1. The second-order valence-corrected chi connectivity index (χ2v) is 5.63. The summed E-state index contributed by atoms with van der Waals surface area (Å²) in [5.41, 5.74) is 0. The van der Waals surface area contributed by atoms with Crippen molar-refractivity contribution >= 4 is 30.7 Å². The molecule has 7 heteroatoms. The molecule has 2 N–H and O–H groups in total. The largest absolute Gasteiger partial charge is 0.383 e. The Morgan fingerprint density at radius 3 is 2.81 bits per heavy atom. The highest BCUT2D eigenvalue weighted by molar-refractivity contribution is 5.85. The third kappa shape index (κ3) is 7.15. The monoisotopic (exact) mass is 341 g/mol. The molecule has 0 bridgehead atoms. The summed E-state index contributed by atoms with van der Waals surface area (Å²) in [4.78, 5) is 14.3. The molecule has 2 aliphatic heterocycles. The molecular formula is C14H29Cl2N3O2. The van der Waals surface area contributed by atoms with E-state index in [1.54, 1.807) is 7.11 Å². The van der Waals surface area contributed by atoms with Gasteiger partial charge in [0.2, 0.25) is 5.91 Å². The summed E-state index contributed by atoms with van der Waals surface area (Å²) >= 11 is 0. The molecule has 0 aromatic heterocycles. The van der Waals surface area contributed by atoms with Crippen molar-refractivity contribution in [2.24, 2.45) is 0 Å². The van der Waals surface area contributed by atoms with Crippen LogP contribution in [0.5, 0.6) is 0 Å². The lowest BCUT2D eigenvalue weighted by molar-refractivity contribution is -0.121. The number of hydrogen-bond donors (Lipinski definition) is 2. The smallest absolute Gasteiger partial charge is 0.221 e. The number of ether oxygens (including phenoxy) is 1. The molecule has 1 amide bonds. The van der Waals surface area contributed by atoms with Gasteiger partial charge in [-0.2, -0.15) is 0 Å². The average Bonchev–Trinajstić information content (AvgIpc) is 3.05. The molecule has 21 heavy (non-hydrogen) atoms. The number of halogens is 2. The molecule has 2 saturated heterocycles. The van der Waals surface area contributed by atoms with Crippen molar-refractivity contribution in [3.63, 3.8) is 0 Å². The number of rotatable bonds is 7. The molecular weight excluding hydrogens is 313 g/mol. The number of nitrogens with one attached hydrogen (secondary N) is 2. The van der Waals surface area contributed by atoms with Gasteiger partial charge in [-0.25, -0.2) is 0 Å². The lowest BCUT2D eigenvalue weighted by Crippen LogP contribution is -2.42. The van der Waals surface area contributed by atoms with Crippen LogP contribution >= 0.6 is 24.8 Å². The van der Waals surface area contributed by atoms with Crippen LogP contribution in [-0.2, 0) is 9.53 Å². The van der Waals surface area contributed by atoms with Gasteiger partial charge in [-0.1, -0.05) is 0 Å². The Bertz CT molecular complexity index is 289. The van der Waals surface area contributed by atoms with Crippen LogP contribution in [0, 0.1) is 0 Å². The van der Waals surface area contributed by atoms with E-state index in [-0.39, 0.29) is 30.7 Å². The highest BCUT2D eigenvalue weighted by atomic mass is 35.5. The lowest BCUT2D eigenvalue weighted by Gasteiger charge is -2.24. The first-order valence-corrected chi connectivity index (χ1v) is 7.52. The minimum absolute atomic E-state index is 0. The van der Waals surface area contributed by atoms with Gasteiger partial charge in [0.25, 0.3) is 0 Å². The maximum atomic E-state index is 11.9. The van der Waals surface area contributed by atoms with Crippen molar-refractivity contribution in [1.29, 1.82) is 0 Å². The molecule has 0 saturated carbocycles. The SMILES string of the molecule is COCCN1CCCC1CNC(=O)CC1CCCN1.Cl.Cl. The summed E-state index contributed by atoms with van der Waals surface area (Å²) in [7, 11) is 1.74. The Morgan fingerprint density at radius 1 is 1.33 bits per heavy atom. The number of hydrogen-bond acceptors (Lipinski definition) is 4. The molecule has 0 aromatic carbocycles. The highest BCUT2D eigenvalue weighted by Gasteiger charge is 2.25. The topological polar surface area (TPSA) is 53.6 Å². The van der Waals surface area contributed by atoms with Crippen LogP contribution in [0.4, 0.5) is 0 Å². The van der Waals surface area contributed by atoms with Crippen molar-refractivity contribution in [2.45, 2.75) is 44.2 Å². The zero-order valence-electron chi connectivity index (χ0n) is 12.8.